The monoisotopic (exact) mass is 284 g/mol. The molecule has 4 nitrogen and oxygen atoms in total. The summed E-state index contributed by atoms with van der Waals surface area (Å²) in [6, 6.07) is 2.37. The Morgan fingerprint density at radius 2 is 1.70 bits per heavy atom. The molecule has 0 saturated carbocycles. The summed E-state index contributed by atoms with van der Waals surface area (Å²) >= 11 is 0. The molecule has 20 heavy (non-hydrogen) atoms. The van der Waals surface area contributed by atoms with Crippen LogP contribution in [0.25, 0.3) is 0 Å². The number of Topliss-reactive ketones (excluding diaryl/α,β-unsaturated/α-hetero) is 2. The summed E-state index contributed by atoms with van der Waals surface area (Å²) in [5.74, 6) is -4.81. The zero-order chi connectivity index (χ0) is 15.3. The first kappa shape index (κ1) is 15.9. The molecule has 1 rings (SSSR count). The Kier molecular flexibility index (Phi) is 5.49. The van der Waals surface area contributed by atoms with Gasteiger partial charge in [0, 0.05) is 18.6 Å². The van der Waals surface area contributed by atoms with E-state index in [0.29, 0.717) is 6.07 Å². The van der Waals surface area contributed by atoms with E-state index in [9.17, 15) is 23.2 Å². The van der Waals surface area contributed by atoms with Crippen molar-refractivity contribution in [3.8, 4) is 0 Å². The lowest BCUT2D eigenvalue weighted by molar-refractivity contribution is -0.146. The molecule has 0 radical (unpaired) electrons. The van der Waals surface area contributed by atoms with Crippen LogP contribution in [0.4, 0.5) is 8.78 Å². The van der Waals surface area contributed by atoms with E-state index in [1.807, 2.05) is 0 Å². The topological polar surface area (TPSA) is 60.4 Å². The van der Waals surface area contributed by atoms with E-state index in [4.69, 9.17) is 0 Å². The van der Waals surface area contributed by atoms with Crippen molar-refractivity contribution in [1.82, 2.24) is 0 Å². The molecule has 0 aromatic heterocycles. The van der Waals surface area contributed by atoms with Crippen LogP contribution in [0.2, 0.25) is 0 Å². The van der Waals surface area contributed by atoms with Gasteiger partial charge in [-0.3, -0.25) is 14.4 Å². The third-order valence-corrected chi connectivity index (χ3v) is 2.68. The number of hydrogen-bond acceptors (Lipinski definition) is 4. The molecule has 0 bridgehead atoms. The first-order chi connectivity index (χ1) is 9.35. The number of carbonyl (C=O) groups excluding carboxylic acids is 3. The minimum atomic E-state index is -1.09. The van der Waals surface area contributed by atoms with E-state index in [0.717, 1.165) is 19.1 Å². The van der Waals surface area contributed by atoms with Gasteiger partial charge < -0.3 is 4.74 Å². The molecule has 0 aliphatic carbocycles. The van der Waals surface area contributed by atoms with Crippen LogP contribution >= 0.6 is 0 Å². The van der Waals surface area contributed by atoms with Crippen molar-refractivity contribution >= 4 is 17.5 Å². The van der Waals surface area contributed by atoms with Gasteiger partial charge in [0.15, 0.2) is 18.2 Å². The largest absolute Gasteiger partial charge is 0.458 e. The number of rotatable bonds is 6. The van der Waals surface area contributed by atoms with Crippen molar-refractivity contribution in [2.24, 2.45) is 5.92 Å². The fourth-order valence-electron chi connectivity index (χ4n) is 1.73. The fourth-order valence-corrected chi connectivity index (χ4v) is 1.73. The van der Waals surface area contributed by atoms with Crippen molar-refractivity contribution in [2.45, 2.75) is 20.3 Å². The highest BCUT2D eigenvalue weighted by Crippen LogP contribution is 2.16. The van der Waals surface area contributed by atoms with Crippen LogP contribution in [0, 0.1) is 17.6 Å². The summed E-state index contributed by atoms with van der Waals surface area (Å²) in [6.45, 7) is 2.19. The molecule has 1 atom stereocenters. The Balaban J connectivity index is 2.91. The maximum Gasteiger partial charge on any atom is 0.303 e. The van der Waals surface area contributed by atoms with E-state index in [1.54, 1.807) is 6.92 Å². The zero-order valence-corrected chi connectivity index (χ0v) is 11.1. The first-order valence-corrected chi connectivity index (χ1v) is 6.01. The molecular weight excluding hydrogens is 270 g/mol. The molecule has 0 saturated heterocycles. The molecule has 0 heterocycles. The van der Waals surface area contributed by atoms with Crippen molar-refractivity contribution in [1.29, 1.82) is 0 Å². The molecule has 6 heteroatoms. The number of carbonyl (C=O) groups is 3. The van der Waals surface area contributed by atoms with E-state index in [-0.39, 0.29) is 12.0 Å². The third kappa shape index (κ3) is 4.22. The summed E-state index contributed by atoms with van der Waals surface area (Å²) in [6.07, 6.45) is 0.150. The molecular formula is C14H14F2O4. The quantitative estimate of drug-likeness (QED) is 0.457. The van der Waals surface area contributed by atoms with Crippen LogP contribution in [0.1, 0.15) is 30.6 Å². The number of benzene rings is 1. The second-order valence-corrected chi connectivity index (χ2v) is 4.23. The lowest BCUT2D eigenvalue weighted by atomic mass is 9.91. The second kappa shape index (κ2) is 6.88. The summed E-state index contributed by atoms with van der Waals surface area (Å²) < 4.78 is 30.7. The highest BCUT2D eigenvalue weighted by Gasteiger charge is 2.27. The van der Waals surface area contributed by atoms with E-state index < -0.39 is 41.7 Å². The summed E-state index contributed by atoms with van der Waals surface area (Å²) in [5.41, 5.74) is -0.217. The van der Waals surface area contributed by atoms with Gasteiger partial charge in [0.05, 0.1) is 5.92 Å². The Morgan fingerprint density at radius 1 is 1.15 bits per heavy atom. The molecule has 0 N–H and O–H groups in total. The Hall–Kier alpha value is -2.11. The van der Waals surface area contributed by atoms with Gasteiger partial charge in [-0.2, -0.15) is 0 Å². The maximum atomic E-state index is 13.1. The number of hydrogen-bond donors (Lipinski definition) is 0. The van der Waals surface area contributed by atoms with Crippen LogP contribution in [0.15, 0.2) is 18.2 Å². The predicted molar refractivity (Wildman–Crippen MR) is 66.1 cm³/mol. The molecule has 1 aromatic carbocycles. The summed E-state index contributed by atoms with van der Waals surface area (Å²) in [5, 5.41) is 0. The van der Waals surface area contributed by atoms with Crippen LogP contribution in [0.5, 0.6) is 0 Å². The van der Waals surface area contributed by atoms with Gasteiger partial charge in [-0.1, -0.05) is 6.92 Å². The maximum absolute atomic E-state index is 13.1. The lowest BCUT2D eigenvalue weighted by Crippen LogP contribution is -2.28. The number of halogens is 2. The SMILES string of the molecule is CCC(C(=O)COC(C)=O)C(=O)c1cc(F)cc(F)c1. The van der Waals surface area contributed by atoms with Gasteiger partial charge >= 0.3 is 5.97 Å². The van der Waals surface area contributed by atoms with Crippen LogP contribution < -0.4 is 0 Å². The van der Waals surface area contributed by atoms with Crippen LogP contribution in [-0.2, 0) is 14.3 Å². The molecule has 1 aromatic rings. The van der Waals surface area contributed by atoms with E-state index in [2.05, 4.69) is 4.74 Å². The van der Waals surface area contributed by atoms with Crippen LogP contribution in [-0.4, -0.2) is 24.1 Å². The molecule has 0 aliphatic rings. The average Bonchev–Trinajstić information content (AvgIpc) is 2.35. The second-order valence-electron chi connectivity index (χ2n) is 4.23. The minimum absolute atomic E-state index is 0.150. The van der Waals surface area contributed by atoms with Crippen molar-refractivity contribution in [2.75, 3.05) is 6.61 Å². The third-order valence-electron chi connectivity index (χ3n) is 2.68. The average molecular weight is 284 g/mol. The van der Waals surface area contributed by atoms with Gasteiger partial charge in [-0.15, -0.1) is 0 Å². The Labute approximate surface area is 114 Å². The molecule has 0 aliphatic heterocycles. The minimum Gasteiger partial charge on any atom is -0.458 e. The van der Waals surface area contributed by atoms with E-state index >= 15 is 0 Å². The van der Waals surface area contributed by atoms with Gasteiger partial charge in [0.1, 0.15) is 11.6 Å². The van der Waals surface area contributed by atoms with E-state index in [1.165, 1.54) is 0 Å². The zero-order valence-electron chi connectivity index (χ0n) is 11.1. The predicted octanol–water partition coefficient (Wildman–Crippen LogP) is 2.31. The number of ketones is 2. The Morgan fingerprint density at radius 3 is 2.15 bits per heavy atom. The highest BCUT2D eigenvalue weighted by atomic mass is 19.1. The normalized spacial score (nSPS) is 11.8. The van der Waals surface area contributed by atoms with Gasteiger partial charge in [0.2, 0.25) is 0 Å². The van der Waals surface area contributed by atoms with Crippen LogP contribution in [0.3, 0.4) is 0 Å². The summed E-state index contributed by atoms with van der Waals surface area (Å²) in [7, 11) is 0. The molecule has 0 spiro atoms. The highest BCUT2D eigenvalue weighted by molar-refractivity contribution is 6.11. The van der Waals surface area contributed by atoms with Gasteiger partial charge in [0.25, 0.3) is 0 Å². The van der Waals surface area contributed by atoms with Crippen molar-refractivity contribution in [3.05, 3.63) is 35.4 Å². The molecule has 0 fully saturated rings. The van der Waals surface area contributed by atoms with Crippen molar-refractivity contribution in [3.63, 3.8) is 0 Å². The molecule has 108 valence electrons. The lowest BCUT2D eigenvalue weighted by Gasteiger charge is -2.12. The fraction of sp³-hybridized carbons (Fsp3) is 0.357. The van der Waals surface area contributed by atoms with Gasteiger partial charge in [-0.05, 0) is 18.6 Å². The van der Waals surface area contributed by atoms with Gasteiger partial charge in [-0.25, -0.2) is 8.78 Å². The molecule has 0 amide bonds. The number of esters is 1. The molecule has 1 unspecified atom stereocenters. The standard InChI is InChI=1S/C14H14F2O4/c1-3-12(13(18)7-20-8(2)17)14(19)9-4-10(15)6-11(16)5-9/h4-6,12H,3,7H2,1-2H3. The van der Waals surface area contributed by atoms with Crippen molar-refractivity contribution < 1.29 is 27.9 Å². The smallest absolute Gasteiger partial charge is 0.303 e. The number of ether oxygens (including phenoxy) is 1. The summed E-state index contributed by atoms with van der Waals surface area (Å²) in [4.78, 5) is 34.5. The first-order valence-electron chi connectivity index (χ1n) is 6.01. The Bertz CT molecular complexity index is 520.